The Labute approximate surface area is 190 Å². The molecule has 9 nitrogen and oxygen atoms in total. The molecule has 3 aromatic carbocycles. The van der Waals surface area contributed by atoms with Crippen LogP contribution in [0.15, 0.2) is 89.8 Å². The van der Waals surface area contributed by atoms with Gasteiger partial charge in [0.2, 0.25) is 5.82 Å². The zero-order valence-electron chi connectivity index (χ0n) is 17.5. The van der Waals surface area contributed by atoms with Crippen molar-refractivity contribution in [2.75, 3.05) is 6.26 Å². The molecule has 1 heterocycles. The number of hydrogen-bond acceptors (Lipinski definition) is 6. The van der Waals surface area contributed by atoms with E-state index in [1.165, 1.54) is 24.3 Å². The molecule has 0 atom stereocenters. The van der Waals surface area contributed by atoms with E-state index in [0.29, 0.717) is 11.5 Å². The Morgan fingerprint density at radius 1 is 0.818 bits per heavy atom. The molecule has 0 radical (unpaired) electrons. The number of nitrogens with one attached hydrogen (secondary N) is 2. The first-order chi connectivity index (χ1) is 15.8. The van der Waals surface area contributed by atoms with E-state index in [0.717, 1.165) is 11.8 Å². The van der Waals surface area contributed by atoms with Crippen LogP contribution in [0.2, 0.25) is 0 Å². The highest BCUT2D eigenvalue weighted by atomic mass is 32.2. The van der Waals surface area contributed by atoms with Crippen molar-refractivity contribution < 1.29 is 18.0 Å². The lowest BCUT2D eigenvalue weighted by Crippen LogP contribution is -2.42. The quantitative estimate of drug-likeness (QED) is 0.440. The molecular weight excluding hydrogens is 442 g/mol. The third-order valence-electron chi connectivity index (χ3n) is 4.66. The summed E-state index contributed by atoms with van der Waals surface area (Å²) in [5.41, 5.74) is 6.08. The largest absolute Gasteiger partial charge is 0.309 e. The summed E-state index contributed by atoms with van der Waals surface area (Å²) in [6, 6.07) is 24.0. The van der Waals surface area contributed by atoms with E-state index in [9.17, 15) is 18.0 Å². The van der Waals surface area contributed by atoms with Crippen LogP contribution in [0.3, 0.4) is 0 Å². The van der Waals surface area contributed by atoms with Gasteiger partial charge in [-0.3, -0.25) is 20.4 Å². The van der Waals surface area contributed by atoms with Crippen molar-refractivity contribution in [1.29, 1.82) is 0 Å². The van der Waals surface area contributed by atoms with E-state index < -0.39 is 21.7 Å². The predicted molar refractivity (Wildman–Crippen MR) is 121 cm³/mol. The van der Waals surface area contributed by atoms with Gasteiger partial charge >= 0.3 is 5.91 Å². The van der Waals surface area contributed by atoms with Crippen LogP contribution in [0, 0.1) is 0 Å². The Morgan fingerprint density at radius 2 is 1.45 bits per heavy atom. The molecule has 0 aliphatic rings. The number of aromatic nitrogens is 3. The number of carbonyl (C=O) groups excluding carboxylic acids is 2. The maximum absolute atomic E-state index is 12.7. The van der Waals surface area contributed by atoms with E-state index >= 15 is 0 Å². The van der Waals surface area contributed by atoms with Gasteiger partial charge in [0.05, 0.1) is 10.6 Å². The van der Waals surface area contributed by atoms with Gasteiger partial charge in [-0.1, -0.05) is 54.6 Å². The predicted octanol–water partition coefficient (Wildman–Crippen LogP) is 2.41. The summed E-state index contributed by atoms with van der Waals surface area (Å²) >= 11 is 0. The first-order valence-electron chi connectivity index (χ1n) is 9.81. The Bertz CT molecular complexity index is 1360. The summed E-state index contributed by atoms with van der Waals surface area (Å²) in [5.74, 6) is -1.10. The van der Waals surface area contributed by atoms with Gasteiger partial charge in [-0.25, -0.2) is 18.1 Å². The number of hydrogen-bond donors (Lipinski definition) is 2. The van der Waals surface area contributed by atoms with Crippen molar-refractivity contribution in [2.24, 2.45) is 0 Å². The van der Waals surface area contributed by atoms with Crippen LogP contribution in [0.5, 0.6) is 0 Å². The van der Waals surface area contributed by atoms with Gasteiger partial charge in [-0.15, -0.1) is 5.10 Å². The van der Waals surface area contributed by atoms with Crippen molar-refractivity contribution in [3.63, 3.8) is 0 Å². The fraction of sp³-hybridized carbons (Fsp3) is 0.0435. The molecule has 0 aliphatic heterocycles. The maximum Gasteiger partial charge on any atom is 0.309 e. The zero-order valence-corrected chi connectivity index (χ0v) is 18.3. The lowest BCUT2D eigenvalue weighted by Gasteiger charge is -2.06. The minimum Gasteiger partial charge on any atom is -0.267 e. The summed E-state index contributed by atoms with van der Waals surface area (Å²) in [6.07, 6.45) is 1.05. The fourth-order valence-corrected chi connectivity index (χ4v) is 3.71. The molecule has 2 N–H and O–H groups in total. The highest BCUT2D eigenvalue weighted by molar-refractivity contribution is 7.90. The number of nitrogens with zero attached hydrogens (tertiary/aromatic N) is 3. The molecule has 0 unspecified atom stereocenters. The number of hydrazine groups is 1. The van der Waals surface area contributed by atoms with Crippen molar-refractivity contribution >= 4 is 21.7 Å². The molecule has 4 aromatic rings. The molecular formula is C23H19N5O4S. The molecule has 10 heteroatoms. The minimum absolute atomic E-state index is 0.00255. The lowest BCUT2D eigenvalue weighted by atomic mass is 10.2. The lowest BCUT2D eigenvalue weighted by molar-refractivity contribution is 0.0841. The Kier molecular flexibility index (Phi) is 6.01. The summed E-state index contributed by atoms with van der Waals surface area (Å²) in [5, 5.41) is 4.32. The first-order valence-corrected chi connectivity index (χ1v) is 11.7. The van der Waals surface area contributed by atoms with E-state index in [2.05, 4.69) is 20.9 Å². The first kappa shape index (κ1) is 21.9. The van der Waals surface area contributed by atoms with Crippen LogP contribution in [0.4, 0.5) is 0 Å². The standard InChI is InChI=1S/C23H19N5O4S/c1-33(31,32)19-14-8-11-17(15-19)22(29)25-26-23(30)20-24-21(16-9-4-2-5-10-16)28(27-20)18-12-6-3-7-13-18/h2-15H,1H3,(H,25,29)(H,26,30). The van der Waals surface area contributed by atoms with Gasteiger partial charge < -0.3 is 0 Å². The van der Waals surface area contributed by atoms with Crippen molar-refractivity contribution in [2.45, 2.75) is 4.90 Å². The van der Waals surface area contributed by atoms with Crippen LogP contribution in [0.1, 0.15) is 21.0 Å². The molecule has 0 spiro atoms. The summed E-state index contributed by atoms with van der Waals surface area (Å²) < 4.78 is 25.0. The van der Waals surface area contributed by atoms with Crippen molar-refractivity contribution in [3.8, 4) is 17.1 Å². The molecule has 0 saturated carbocycles. The number of carbonyl (C=O) groups is 2. The van der Waals surface area contributed by atoms with Gasteiger partial charge in [0.1, 0.15) is 0 Å². The van der Waals surface area contributed by atoms with Crippen LogP contribution in [-0.2, 0) is 9.84 Å². The van der Waals surface area contributed by atoms with Gasteiger partial charge in [-0.05, 0) is 30.3 Å². The Morgan fingerprint density at radius 3 is 2.12 bits per heavy atom. The number of benzene rings is 3. The number of sulfone groups is 1. The molecule has 166 valence electrons. The molecule has 33 heavy (non-hydrogen) atoms. The second kappa shape index (κ2) is 9.05. The average Bonchev–Trinajstić information content (AvgIpc) is 3.29. The van der Waals surface area contributed by atoms with Gasteiger partial charge in [0, 0.05) is 17.4 Å². The van der Waals surface area contributed by atoms with E-state index in [-0.39, 0.29) is 16.3 Å². The molecule has 0 aliphatic carbocycles. The minimum atomic E-state index is -3.48. The zero-order chi connectivity index (χ0) is 23.4. The van der Waals surface area contributed by atoms with Crippen LogP contribution < -0.4 is 10.9 Å². The van der Waals surface area contributed by atoms with Crippen molar-refractivity contribution in [3.05, 3.63) is 96.3 Å². The maximum atomic E-state index is 12.7. The van der Waals surface area contributed by atoms with Gasteiger partial charge in [0.25, 0.3) is 5.91 Å². The molecule has 0 saturated heterocycles. The monoisotopic (exact) mass is 461 g/mol. The van der Waals surface area contributed by atoms with Crippen LogP contribution in [-0.4, -0.2) is 41.3 Å². The molecule has 0 bridgehead atoms. The summed E-state index contributed by atoms with van der Waals surface area (Å²) in [7, 11) is -3.48. The van der Waals surface area contributed by atoms with Crippen molar-refractivity contribution in [1.82, 2.24) is 25.6 Å². The molecule has 1 aromatic heterocycles. The summed E-state index contributed by atoms with van der Waals surface area (Å²) in [4.78, 5) is 29.4. The van der Waals surface area contributed by atoms with E-state index in [1.54, 1.807) is 4.68 Å². The molecule has 0 fully saturated rings. The molecule has 2 amide bonds. The van der Waals surface area contributed by atoms with Gasteiger partial charge in [-0.2, -0.15) is 0 Å². The second-order valence-electron chi connectivity index (χ2n) is 7.08. The molecule has 4 rings (SSSR count). The van der Waals surface area contributed by atoms with Crippen LogP contribution in [0.25, 0.3) is 17.1 Å². The summed E-state index contributed by atoms with van der Waals surface area (Å²) in [6.45, 7) is 0. The smallest absolute Gasteiger partial charge is 0.267 e. The van der Waals surface area contributed by atoms with E-state index in [4.69, 9.17) is 0 Å². The third-order valence-corrected chi connectivity index (χ3v) is 5.77. The third kappa shape index (κ3) is 4.96. The SMILES string of the molecule is CS(=O)(=O)c1cccc(C(=O)NNC(=O)c2nc(-c3ccccc3)n(-c3ccccc3)n2)c1. The second-order valence-corrected chi connectivity index (χ2v) is 9.10. The van der Waals surface area contributed by atoms with Gasteiger partial charge in [0.15, 0.2) is 15.7 Å². The number of para-hydroxylation sites is 1. The fourth-order valence-electron chi connectivity index (χ4n) is 3.04. The Hall–Kier alpha value is -4.31. The average molecular weight is 462 g/mol. The van der Waals surface area contributed by atoms with E-state index in [1.807, 2.05) is 60.7 Å². The normalized spacial score (nSPS) is 11.1. The topological polar surface area (TPSA) is 123 Å². The number of rotatable bonds is 5. The number of amides is 2. The highest BCUT2D eigenvalue weighted by Gasteiger charge is 2.19. The highest BCUT2D eigenvalue weighted by Crippen LogP contribution is 2.21. The Balaban J connectivity index is 1.57. The van der Waals surface area contributed by atoms with Crippen LogP contribution >= 0.6 is 0 Å².